The predicted molar refractivity (Wildman–Crippen MR) is 136 cm³/mol. The molecule has 0 bridgehead atoms. The molecule has 0 saturated heterocycles. The maximum atomic E-state index is 13.0. The Morgan fingerprint density at radius 3 is 2.41 bits per heavy atom. The smallest absolute Gasteiger partial charge is 0.258 e. The Morgan fingerprint density at radius 2 is 1.76 bits per heavy atom. The number of nitrogens with zero attached hydrogens (tertiary/aromatic N) is 2. The number of hydrogen-bond donors (Lipinski definition) is 2. The number of pyridine rings is 2. The third-order valence-corrected chi connectivity index (χ3v) is 6.09. The molecule has 0 saturated carbocycles. The van der Waals surface area contributed by atoms with Gasteiger partial charge in [-0.05, 0) is 41.5 Å². The molecule has 0 radical (unpaired) electrons. The Bertz CT molecular complexity index is 1390. The van der Waals surface area contributed by atoms with Crippen LogP contribution in [0.2, 0.25) is 10.0 Å². The molecule has 34 heavy (non-hydrogen) atoms. The molecule has 1 unspecified atom stereocenters. The Hall–Kier alpha value is -3.74. The van der Waals surface area contributed by atoms with E-state index < -0.39 is 17.7 Å². The van der Waals surface area contributed by atoms with Gasteiger partial charge in [0.1, 0.15) is 0 Å². The fourth-order valence-electron chi connectivity index (χ4n) is 3.88. The predicted octanol–water partition coefficient (Wildman–Crippen LogP) is 5.64. The van der Waals surface area contributed by atoms with Crippen molar-refractivity contribution in [2.45, 2.75) is 12.3 Å². The summed E-state index contributed by atoms with van der Waals surface area (Å²) in [5.74, 6) is -1.66. The molecule has 3 N–H and O–H groups in total. The van der Waals surface area contributed by atoms with Gasteiger partial charge in [-0.3, -0.25) is 19.6 Å². The molecule has 0 aliphatic carbocycles. The van der Waals surface area contributed by atoms with Crippen LogP contribution in [-0.4, -0.2) is 21.8 Å². The number of benzene rings is 2. The Balaban J connectivity index is 1.82. The number of primary amides is 1. The fourth-order valence-corrected chi connectivity index (χ4v) is 4.45. The van der Waals surface area contributed by atoms with Gasteiger partial charge < -0.3 is 11.1 Å². The third kappa shape index (κ3) is 4.64. The highest BCUT2D eigenvalue weighted by molar-refractivity contribution is 6.40. The van der Waals surface area contributed by atoms with Crippen LogP contribution < -0.4 is 11.1 Å². The monoisotopic (exact) mass is 490 g/mol. The van der Waals surface area contributed by atoms with Crippen molar-refractivity contribution in [3.8, 4) is 0 Å². The van der Waals surface area contributed by atoms with Crippen molar-refractivity contribution in [2.75, 3.05) is 5.32 Å². The van der Waals surface area contributed by atoms with Crippen LogP contribution in [0.25, 0.3) is 17.0 Å². The van der Waals surface area contributed by atoms with E-state index >= 15 is 0 Å². The molecule has 6 nitrogen and oxygen atoms in total. The topological polar surface area (TPSA) is 98.0 Å². The van der Waals surface area contributed by atoms with Crippen molar-refractivity contribution in [1.29, 1.82) is 0 Å². The number of aromatic nitrogens is 2. The lowest BCUT2D eigenvalue weighted by atomic mass is 9.87. The van der Waals surface area contributed by atoms with E-state index in [0.717, 1.165) is 5.69 Å². The number of carbonyl (C=O) groups is 2. The van der Waals surface area contributed by atoms with Gasteiger partial charge in [0.25, 0.3) is 5.91 Å². The van der Waals surface area contributed by atoms with Gasteiger partial charge in [0.05, 0.1) is 32.7 Å². The van der Waals surface area contributed by atoms with Crippen LogP contribution in [0.15, 0.2) is 73.6 Å². The molecule has 0 spiro atoms. The van der Waals surface area contributed by atoms with Gasteiger partial charge in [0.15, 0.2) is 0 Å². The van der Waals surface area contributed by atoms with Crippen molar-refractivity contribution in [3.63, 3.8) is 0 Å². The summed E-state index contributed by atoms with van der Waals surface area (Å²) < 4.78 is 0. The molecule has 0 fully saturated rings. The van der Waals surface area contributed by atoms with Gasteiger partial charge in [-0.25, -0.2) is 0 Å². The van der Waals surface area contributed by atoms with E-state index in [2.05, 4.69) is 21.9 Å². The number of fused-ring (bicyclic) bond motifs is 1. The van der Waals surface area contributed by atoms with E-state index in [9.17, 15) is 9.59 Å². The molecule has 0 aliphatic heterocycles. The fraction of sp³-hybridized carbons (Fsp3) is 0.0769. The number of hydrogen-bond acceptors (Lipinski definition) is 4. The lowest BCUT2D eigenvalue weighted by Crippen LogP contribution is -2.25. The molecule has 2 heterocycles. The second kappa shape index (κ2) is 10.0. The third-order valence-electron chi connectivity index (χ3n) is 5.46. The molecular formula is C26H20Cl2N4O2. The van der Waals surface area contributed by atoms with Crippen molar-refractivity contribution in [2.24, 2.45) is 5.73 Å². The maximum absolute atomic E-state index is 13.0. The summed E-state index contributed by atoms with van der Waals surface area (Å²) in [6.07, 6.45) is 5.21. The van der Waals surface area contributed by atoms with E-state index in [1.54, 1.807) is 54.9 Å². The summed E-state index contributed by atoms with van der Waals surface area (Å²) in [6.45, 7) is 3.87. The summed E-state index contributed by atoms with van der Waals surface area (Å²) in [7, 11) is 0. The van der Waals surface area contributed by atoms with E-state index in [1.165, 1.54) is 0 Å². The van der Waals surface area contributed by atoms with Crippen LogP contribution in [0.1, 0.15) is 33.1 Å². The van der Waals surface area contributed by atoms with Crippen LogP contribution in [0.3, 0.4) is 0 Å². The lowest BCUT2D eigenvalue weighted by Gasteiger charge is -2.19. The van der Waals surface area contributed by atoms with Gasteiger partial charge in [-0.15, -0.1) is 0 Å². The first-order chi connectivity index (χ1) is 16.4. The Kier molecular flexibility index (Phi) is 6.91. The first-order valence-corrected chi connectivity index (χ1v) is 11.1. The van der Waals surface area contributed by atoms with Gasteiger partial charge in [0, 0.05) is 29.9 Å². The number of anilines is 1. The molecule has 2 aromatic carbocycles. The largest absolute Gasteiger partial charge is 0.369 e. The Morgan fingerprint density at radius 1 is 1.03 bits per heavy atom. The Labute approximate surface area is 206 Å². The number of rotatable bonds is 7. The number of amides is 2. The van der Waals surface area contributed by atoms with Gasteiger partial charge >= 0.3 is 0 Å². The molecule has 2 amide bonds. The number of nitrogens with one attached hydrogen (secondary N) is 1. The van der Waals surface area contributed by atoms with Crippen LogP contribution in [0, 0.1) is 0 Å². The summed E-state index contributed by atoms with van der Waals surface area (Å²) in [4.78, 5) is 34.4. The zero-order valence-electron chi connectivity index (χ0n) is 18.0. The zero-order chi connectivity index (χ0) is 24.2. The first-order valence-electron chi connectivity index (χ1n) is 10.4. The molecule has 4 aromatic rings. The van der Waals surface area contributed by atoms with E-state index in [0.29, 0.717) is 34.1 Å². The standard InChI is InChI=1S/C26H20Cl2N4O2/c1-2-15-14-31-24-17(22(15)18(25(29)33)13-16-7-3-4-12-30-16)8-5-11-21(24)32-26(34)23-19(27)9-6-10-20(23)28/h2-12,14,18H,1,13H2,(H2,29,33)(H,32,34). The minimum absolute atomic E-state index is 0.163. The number of nitrogens with two attached hydrogens (primary N) is 1. The second-order valence-electron chi connectivity index (χ2n) is 7.56. The van der Waals surface area contributed by atoms with Crippen LogP contribution in [0.5, 0.6) is 0 Å². The van der Waals surface area contributed by atoms with Gasteiger partial charge in [-0.1, -0.05) is 60.1 Å². The molecular weight excluding hydrogens is 471 g/mol. The first kappa shape index (κ1) is 23.4. The highest BCUT2D eigenvalue weighted by Gasteiger charge is 2.25. The highest BCUT2D eigenvalue weighted by Crippen LogP contribution is 2.34. The van der Waals surface area contributed by atoms with Crippen LogP contribution >= 0.6 is 23.2 Å². The van der Waals surface area contributed by atoms with E-state index in [1.807, 2.05) is 18.2 Å². The summed E-state index contributed by atoms with van der Waals surface area (Å²) in [5.41, 5.74) is 9.00. The zero-order valence-corrected chi connectivity index (χ0v) is 19.5. The van der Waals surface area contributed by atoms with E-state index in [-0.39, 0.29) is 15.6 Å². The molecule has 1 atom stereocenters. The SMILES string of the molecule is C=Cc1cnc2c(NC(=O)c3c(Cl)cccc3Cl)cccc2c1C(Cc1ccccn1)C(N)=O. The summed E-state index contributed by atoms with van der Waals surface area (Å²) in [6, 6.07) is 15.7. The number of halogens is 2. The second-order valence-corrected chi connectivity index (χ2v) is 8.38. The van der Waals surface area contributed by atoms with Crippen molar-refractivity contribution < 1.29 is 9.59 Å². The quantitative estimate of drug-likeness (QED) is 0.349. The van der Waals surface area contributed by atoms with Crippen molar-refractivity contribution in [3.05, 3.63) is 106 Å². The highest BCUT2D eigenvalue weighted by atomic mass is 35.5. The van der Waals surface area contributed by atoms with Crippen molar-refractivity contribution in [1.82, 2.24) is 9.97 Å². The average Bonchev–Trinajstić information content (AvgIpc) is 2.82. The summed E-state index contributed by atoms with van der Waals surface area (Å²) >= 11 is 12.4. The number of carbonyl (C=O) groups excluding carboxylic acids is 2. The van der Waals surface area contributed by atoms with E-state index in [4.69, 9.17) is 28.9 Å². The van der Waals surface area contributed by atoms with Gasteiger partial charge in [-0.2, -0.15) is 0 Å². The minimum Gasteiger partial charge on any atom is -0.369 e. The molecule has 170 valence electrons. The minimum atomic E-state index is -0.683. The van der Waals surface area contributed by atoms with Crippen LogP contribution in [0.4, 0.5) is 5.69 Å². The molecule has 0 aliphatic rings. The van der Waals surface area contributed by atoms with Crippen LogP contribution in [-0.2, 0) is 11.2 Å². The normalized spacial score (nSPS) is 11.7. The molecule has 2 aromatic heterocycles. The number of para-hydroxylation sites is 1. The molecule has 8 heteroatoms. The molecule has 4 rings (SSSR count). The lowest BCUT2D eigenvalue weighted by molar-refractivity contribution is -0.119. The summed E-state index contributed by atoms with van der Waals surface area (Å²) in [5, 5.41) is 3.97. The maximum Gasteiger partial charge on any atom is 0.258 e. The van der Waals surface area contributed by atoms with Crippen molar-refractivity contribution >= 4 is 57.7 Å². The average molecular weight is 491 g/mol. The van der Waals surface area contributed by atoms with Gasteiger partial charge in [0.2, 0.25) is 5.91 Å².